The summed E-state index contributed by atoms with van der Waals surface area (Å²) in [4.78, 5) is 23.6. The van der Waals surface area contributed by atoms with Crippen LogP contribution < -0.4 is 4.90 Å². The number of piperazine rings is 1. The van der Waals surface area contributed by atoms with Crippen LogP contribution in [0.15, 0.2) is 48.5 Å². The molecule has 4 aromatic rings. The average molecular weight is 656 g/mol. The first-order valence-corrected chi connectivity index (χ1v) is 18.3. The van der Waals surface area contributed by atoms with Gasteiger partial charge < -0.3 is 14.9 Å². The predicted octanol–water partition coefficient (Wildman–Crippen LogP) is 8.89. The second-order valence-corrected chi connectivity index (χ2v) is 18.9. The first-order valence-electron chi connectivity index (χ1n) is 15.7. The Morgan fingerprint density at radius 3 is 2.33 bits per heavy atom. The van der Waals surface area contributed by atoms with Gasteiger partial charge in [-0.05, 0) is 51.3 Å². The predicted molar refractivity (Wildman–Crippen MR) is 186 cm³/mol. The van der Waals surface area contributed by atoms with Gasteiger partial charge >= 0.3 is 6.09 Å². The van der Waals surface area contributed by atoms with E-state index in [4.69, 9.17) is 11.6 Å². The zero-order valence-corrected chi connectivity index (χ0v) is 28.9. The molecule has 5 rings (SSSR count). The summed E-state index contributed by atoms with van der Waals surface area (Å²) >= 11 is 6.38. The van der Waals surface area contributed by atoms with Crippen molar-refractivity contribution >= 4 is 53.3 Å². The highest BCUT2D eigenvalue weighted by Gasteiger charge is 2.41. The molecule has 2 heterocycles. The molecule has 1 N–H and O–H groups in total. The van der Waals surface area contributed by atoms with Crippen LogP contribution in [0, 0.1) is 28.6 Å². The zero-order valence-electron chi connectivity index (χ0n) is 27.1. The number of aromatic nitrogens is 2. The summed E-state index contributed by atoms with van der Waals surface area (Å²) in [5.41, 5.74) is 7.31. The number of halogens is 2. The van der Waals surface area contributed by atoms with E-state index in [9.17, 15) is 15.2 Å². The Bertz CT molecular complexity index is 1890. The number of nitriles is 1. The third kappa shape index (κ3) is 5.90. The third-order valence-corrected chi connectivity index (χ3v) is 16.0. The van der Waals surface area contributed by atoms with Gasteiger partial charge in [0.25, 0.3) is 0 Å². The Morgan fingerprint density at radius 2 is 1.70 bits per heavy atom. The van der Waals surface area contributed by atoms with E-state index in [-0.39, 0.29) is 30.3 Å². The number of amides is 1. The number of hydrogen-bond donors (Lipinski definition) is 1. The van der Waals surface area contributed by atoms with Crippen molar-refractivity contribution in [1.82, 2.24) is 14.9 Å². The molecule has 0 spiro atoms. The van der Waals surface area contributed by atoms with E-state index in [1.165, 1.54) is 4.90 Å². The van der Waals surface area contributed by atoms with E-state index in [0.29, 0.717) is 45.5 Å². The zero-order chi connectivity index (χ0) is 33.3. The molecule has 1 saturated heterocycles. The number of fused-ring (bicyclic) bond motifs is 2. The lowest BCUT2D eigenvalue weighted by Crippen LogP contribution is -2.55. The van der Waals surface area contributed by atoms with Crippen LogP contribution in [0.25, 0.3) is 32.8 Å². The fourth-order valence-electron chi connectivity index (χ4n) is 7.43. The van der Waals surface area contributed by atoms with Gasteiger partial charge in [-0.15, -0.1) is 5.54 Å². The molecule has 0 aliphatic carbocycles. The van der Waals surface area contributed by atoms with Gasteiger partial charge in [0.15, 0.2) is 5.82 Å². The molecule has 0 radical (unpaired) electrons. The van der Waals surface area contributed by atoms with Crippen molar-refractivity contribution in [3.8, 4) is 28.7 Å². The minimum atomic E-state index is -2.02. The Kier molecular flexibility index (Phi) is 9.58. The summed E-state index contributed by atoms with van der Waals surface area (Å²) in [5.74, 6) is 3.48. The van der Waals surface area contributed by atoms with Crippen LogP contribution in [-0.4, -0.2) is 59.8 Å². The normalized spacial score (nSPS) is 15.5. The summed E-state index contributed by atoms with van der Waals surface area (Å²) < 4.78 is 16.7. The van der Waals surface area contributed by atoms with E-state index in [1.54, 1.807) is 12.1 Å². The Morgan fingerprint density at radius 1 is 1.02 bits per heavy atom. The molecule has 0 unspecified atom stereocenters. The summed E-state index contributed by atoms with van der Waals surface area (Å²) in [6.07, 6.45) is -1.05. The van der Waals surface area contributed by atoms with Crippen molar-refractivity contribution in [3.05, 3.63) is 65.2 Å². The van der Waals surface area contributed by atoms with E-state index >= 15 is 4.39 Å². The quantitative estimate of drug-likeness (QED) is 0.127. The second kappa shape index (κ2) is 13.3. The van der Waals surface area contributed by atoms with E-state index in [0.717, 1.165) is 16.3 Å². The first-order chi connectivity index (χ1) is 21.9. The second-order valence-electron chi connectivity index (χ2n) is 12.9. The van der Waals surface area contributed by atoms with Crippen molar-refractivity contribution in [3.63, 3.8) is 0 Å². The number of anilines is 1. The van der Waals surface area contributed by atoms with E-state index in [1.807, 2.05) is 41.3 Å². The molecule has 0 saturated carbocycles. The minimum absolute atomic E-state index is 0.0273. The van der Waals surface area contributed by atoms with Crippen LogP contribution in [0.5, 0.6) is 0 Å². The maximum Gasteiger partial charge on any atom is 0.407 e. The van der Waals surface area contributed by atoms with Crippen molar-refractivity contribution in [2.24, 2.45) is 0 Å². The first kappa shape index (κ1) is 33.2. The summed E-state index contributed by atoms with van der Waals surface area (Å²) in [6, 6.07) is 16.9. The standard InChI is InChI=1S/C36H39ClFN5O2Si/c1-22(2)46(23(3)4,24(5)6)20-16-26-10-7-9-25-11-8-12-28(31(25)26)29-13-14-30-33(32(29)38)40-35(37)41-34(30)42-18-19-43(36(44)45)27(21-42)15-17-39/h7-14,22-24,27H,15,18-19,21H2,1-6H3,(H,44,45)/t27-/m0/s1. The largest absolute Gasteiger partial charge is 0.465 e. The molecule has 7 nitrogen and oxygen atoms in total. The molecular weight excluding hydrogens is 617 g/mol. The van der Waals surface area contributed by atoms with Gasteiger partial charge in [-0.1, -0.05) is 83.9 Å². The highest BCUT2D eigenvalue weighted by atomic mass is 35.5. The molecule has 10 heteroatoms. The lowest BCUT2D eigenvalue weighted by atomic mass is 9.94. The Labute approximate surface area is 276 Å². The van der Waals surface area contributed by atoms with Crippen LogP contribution in [0.1, 0.15) is 53.5 Å². The molecule has 46 heavy (non-hydrogen) atoms. The number of benzene rings is 3. The maximum absolute atomic E-state index is 16.7. The molecule has 1 fully saturated rings. The van der Waals surface area contributed by atoms with Crippen LogP contribution >= 0.6 is 11.6 Å². The van der Waals surface area contributed by atoms with Crippen LogP contribution in [0.4, 0.5) is 15.0 Å². The highest BCUT2D eigenvalue weighted by molar-refractivity contribution is 6.90. The van der Waals surface area contributed by atoms with Crippen molar-refractivity contribution < 1.29 is 14.3 Å². The summed E-state index contributed by atoms with van der Waals surface area (Å²) in [6.45, 7) is 14.5. The fraction of sp³-hybridized carbons (Fsp3) is 0.389. The van der Waals surface area contributed by atoms with Crippen molar-refractivity contribution in [1.29, 1.82) is 5.26 Å². The molecular formula is C36H39ClFN5O2Si. The minimum Gasteiger partial charge on any atom is -0.465 e. The number of carbonyl (C=O) groups is 1. The van der Waals surface area contributed by atoms with Gasteiger partial charge in [-0.25, -0.2) is 14.2 Å². The molecule has 1 atom stereocenters. The monoisotopic (exact) mass is 655 g/mol. The van der Waals surface area contributed by atoms with Gasteiger partial charge in [0, 0.05) is 41.5 Å². The Hall–Kier alpha value is -4.18. The lowest BCUT2D eigenvalue weighted by molar-refractivity contribution is 0.119. The Balaban J connectivity index is 1.66. The van der Waals surface area contributed by atoms with Gasteiger partial charge in [-0.3, -0.25) is 0 Å². The molecule has 1 aromatic heterocycles. The van der Waals surface area contributed by atoms with Gasteiger partial charge in [0.2, 0.25) is 5.28 Å². The number of nitrogens with zero attached hydrogens (tertiary/aromatic N) is 5. The average Bonchev–Trinajstić information content (AvgIpc) is 3.01. The van der Waals surface area contributed by atoms with Gasteiger partial charge in [0.1, 0.15) is 19.4 Å². The van der Waals surface area contributed by atoms with E-state index < -0.39 is 26.0 Å². The van der Waals surface area contributed by atoms with Crippen LogP contribution in [-0.2, 0) is 0 Å². The van der Waals surface area contributed by atoms with Crippen LogP contribution in [0.3, 0.4) is 0 Å². The molecule has 0 bridgehead atoms. The van der Waals surface area contributed by atoms with E-state index in [2.05, 4.69) is 69.0 Å². The molecule has 3 aromatic carbocycles. The maximum atomic E-state index is 16.7. The van der Waals surface area contributed by atoms with Crippen molar-refractivity contribution in [2.45, 2.75) is 70.6 Å². The SMILES string of the molecule is CC(C)[Si](C#Cc1cccc2cccc(-c3ccc4c(N5CCN(C(=O)O)[C@@H](CC#N)C5)nc(Cl)nc4c3F)c12)(C(C)C)C(C)C. The van der Waals surface area contributed by atoms with Crippen molar-refractivity contribution in [2.75, 3.05) is 24.5 Å². The highest BCUT2D eigenvalue weighted by Crippen LogP contribution is 2.42. The lowest BCUT2D eigenvalue weighted by Gasteiger charge is -2.39. The topological polar surface area (TPSA) is 93.3 Å². The summed E-state index contributed by atoms with van der Waals surface area (Å²) in [5, 5.41) is 21.1. The molecule has 1 amide bonds. The van der Waals surface area contributed by atoms with Crippen LogP contribution in [0.2, 0.25) is 21.9 Å². The molecule has 1 aliphatic rings. The van der Waals surface area contributed by atoms with Gasteiger partial charge in [-0.2, -0.15) is 10.2 Å². The molecule has 1 aliphatic heterocycles. The smallest absolute Gasteiger partial charge is 0.407 e. The summed E-state index contributed by atoms with van der Waals surface area (Å²) in [7, 11) is -2.02. The number of hydrogen-bond acceptors (Lipinski definition) is 5. The molecule has 238 valence electrons. The van der Waals surface area contributed by atoms with Gasteiger partial charge in [0.05, 0.1) is 18.5 Å². The number of carboxylic acid groups (broad SMARTS) is 1. The number of rotatable bonds is 6. The third-order valence-electron chi connectivity index (χ3n) is 9.59. The fourth-order valence-corrected chi connectivity index (χ4v) is 12.8.